The second-order valence-corrected chi connectivity index (χ2v) is 6.92. The Hall–Kier alpha value is -2.74. The number of nitrogens with one attached hydrogen (secondary N) is 2. The predicted octanol–water partition coefficient (Wildman–Crippen LogP) is 0.574. The van der Waals surface area contributed by atoms with E-state index in [1.807, 2.05) is 0 Å². The summed E-state index contributed by atoms with van der Waals surface area (Å²) in [6.45, 7) is 5.78. The highest BCUT2D eigenvalue weighted by molar-refractivity contribution is 6.22. The van der Waals surface area contributed by atoms with Crippen LogP contribution in [0.15, 0.2) is 18.2 Å². The molecule has 2 N–H and O–H groups in total. The zero-order chi connectivity index (χ0) is 19.5. The van der Waals surface area contributed by atoms with Gasteiger partial charge in [0.1, 0.15) is 6.61 Å². The van der Waals surface area contributed by atoms with Gasteiger partial charge in [0, 0.05) is 31.3 Å². The Balaban J connectivity index is 2.03. The molecule has 1 aromatic rings. The van der Waals surface area contributed by atoms with Gasteiger partial charge in [0.2, 0.25) is 5.91 Å². The molecular formula is C18H23N3O5. The summed E-state index contributed by atoms with van der Waals surface area (Å²) in [5.74, 6) is -1.42. The number of hydrogen-bond acceptors (Lipinski definition) is 5. The summed E-state index contributed by atoms with van der Waals surface area (Å²) in [6, 6.07) is 4.44. The zero-order valence-electron chi connectivity index (χ0n) is 15.3. The maximum atomic E-state index is 12.5. The number of methoxy groups -OCH3 is 1. The van der Waals surface area contributed by atoms with Gasteiger partial charge in [0.15, 0.2) is 0 Å². The van der Waals surface area contributed by atoms with Crippen molar-refractivity contribution < 1.29 is 23.9 Å². The van der Waals surface area contributed by atoms with Gasteiger partial charge >= 0.3 is 0 Å². The molecule has 1 aliphatic rings. The minimum Gasteiger partial charge on any atom is -0.375 e. The van der Waals surface area contributed by atoms with Gasteiger partial charge in [-0.25, -0.2) is 0 Å². The van der Waals surface area contributed by atoms with Gasteiger partial charge in [-0.3, -0.25) is 24.1 Å². The van der Waals surface area contributed by atoms with E-state index in [4.69, 9.17) is 0 Å². The number of fused-ring (bicyclic) bond motifs is 1. The predicted molar refractivity (Wildman–Crippen MR) is 93.9 cm³/mol. The van der Waals surface area contributed by atoms with E-state index >= 15 is 0 Å². The summed E-state index contributed by atoms with van der Waals surface area (Å²) in [7, 11) is 1.42. The van der Waals surface area contributed by atoms with Crippen LogP contribution in [0.3, 0.4) is 0 Å². The molecule has 0 saturated carbocycles. The first-order chi connectivity index (χ1) is 12.2. The van der Waals surface area contributed by atoms with Gasteiger partial charge in [-0.15, -0.1) is 0 Å². The Bertz CT molecular complexity index is 752. The van der Waals surface area contributed by atoms with E-state index in [1.165, 1.54) is 30.2 Å². The Labute approximate surface area is 151 Å². The van der Waals surface area contributed by atoms with Gasteiger partial charge in [-0.1, -0.05) is 0 Å². The highest BCUT2D eigenvalue weighted by Gasteiger charge is 2.42. The van der Waals surface area contributed by atoms with Crippen LogP contribution in [0.25, 0.3) is 0 Å². The van der Waals surface area contributed by atoms with Gasteiger partial charge in [0.05, 0.1) is 11.1 Å². The van der Waals surface area contributed by atoms with Crippen LogP contribution in [0.4, 0.5) is 0 Å². The SMILES string of the molecule is COCC(=O)NCCNC(=O)c1ccc2c(c1)C(=O)N(C(C)(C)C)C2=O. The molecule has 0 aromatic heterocycles. The number of amides is 4. The van der Waals surface area contributed by atoms with Crippen molar-refractivity contribution in [2.75, 3.05) is 26.8 Å². The molecule has 8 heteroatoms. The lowest BCUT2D eigenvalue weighted by molar-refractivity contribution is -0.124. The lowest BCUT2D eigenvalue weighted by atomic mass is 10.1. The molecule has 8 nitrogen and oxygen atoms in total. The van der Waals surface area contributed by atoms with Crippen molar-refractivity contribution in [1.82, 2.24) is 15.5 Å². The molecule has 4 amide bonds. The lowest BCUT2D eigenvalue weighted by Gasteiger charge is -2.29. The van der Waals surface area contributed by atoms with Crippen LogP contribution >= 0.6 is 0 Å². The first-order valence-corrected chi connectivity index (χ1v) is 8.23. The van der Waals surface area contributed by atoms with Gasteiger partial charge in [-0.2, -0.15) is 0 Å². The molecule has 26 heavy (non-hydrogen) atoms. The van der Waals surface area contributed by atoms with Crippen molar-refractivity contribution in [3.8, 4) is 0 Å². The second-order valence-electron chi connectivity index (χ2n) is 6.92. The Morgan fingerprint density at radius 1 is 1.04 bits per heavy atom. The average molecular weight is 361 g/mol. The van der Waals surface area contributed by atoms with Crippen molar-refractivity contribution in [1.29, 1.82) is 0 Å². The Morgan fingerprint density at radius 3 is 2.27 bits per heavy atom. The lowest BCUT2D eigenvalue weighted by Crippen LogP contribution is -2.45. The van der Waals surface area contributed by atoms with Crippen LogP contribution < -0.4 is 10.6 Å². The molecule has 1 aromatic carbocycles. The summed E-state index contributed by atoms with van der Waals surface area (Å²) in [5.41, 5.74) is 0.166. The molecule has 1 heterocycles. The number of carbonyl (C=O) groups is 4. The third kappa shape index (κ3) is 4.08. The minimum absolute atomic E-state index is 0.0425. The third-order valence-corrected chi connectivity index (χ3v) is 3.83. The molecule has 0 saturated heterocycles. The van der Waals surface area contributed by atoms with Crippen molar-refractivity contribution >= 4 is 23.6 Å². The number of imide groups is 1. The highest BCUT2D eigenvalue weighted by atomic mass is 16.5. The molecule has 0 radical (unpaired) electrons. The Kier molecular flexibility index (Phi) is 5.76. The van der Waals surface area contributed by atoms with E-state index in [2.05, 4.69) is 15.4 Å². The molecule has 0 atom stereocenters. The smallest absolute Gasteiger partial charge is 0.262 e. The van der Waals surface area contributed by atoms with Crippen molar-refractivity contribution in [3.05, 3.63) is 34.9 Å². The monoisotopic (exact) mass is 361 g/mol. The first kappa shape index (κ1) is 19.6. The minimum atomic E-state index is -0.643. The van der Waals surface area contributed by atoms with E-state index in [-0.39, 0.29) is 48.5 Å². The third-order valence-electron chi connectivity index (χ3n) is 3.83. The average Bonchev–Trinajstić information content (AvgIpc) is 2.82. The number of carbonyl (C=O) groups excluding carboxylic acids is 4. The fraction of sp³-hybridized carbons (Fsp3) is 0.444. The summed E-state index contributed by atoms with van der Waals surface area (Å²) >= 11 is 0. The van der Waals surface area contributed by atoms with E-state index in [1.54, 1.807) is 20.8 Å². The van der Waals surface area contributed by atoms with Crippen molar-refractivity contribution in [2.24, 2.45) is 0 Å². The molecule has 0 bridgehead atoms. The maximum absolute atomic E-state index is 12.5. The molecule has 0 unspecified atom stereocenters. The van der Waals surface area contributed by atoms with Crippen LogP contribution in [0, 0.1) is 0 Å². The quantitative estimate of drug-likeness (QED) is 0.569. The fourth-order valence-corrected chi connectivity index (χ4v) is 2.65. The Morgan fingerprint density at radius 2 is 1.65 bits per heavy atom. The molecule has 2 rings (SSSR count). The van der Waals surface area contributed by atoms with Crippen molar-refractivity contribution in [3.63, 3.8) is 0 Å². The first-order valence-electron chi connectivity index (χ1n) is 8.23. The van der Waals surface area contributed by atoms with Crippen molar-refractivity contribution in [2.45, 2.75) is 26.3 Å². The molecular weight excluding hydrogens is 338 g/mol. The van der Waals surface area contributed by atoms with Crippen LogP contribution in [-0.2, 0) is 9.53 Å². The fourth-order valence-electron chi connectivity index (χ4n) is 2.65. The number of hydrogen-bond donors (Lipinski definition) is 2. The summed E-state index contributed by atoms with van der Waals surface area (Å²) in [5, 5.41) is 5.23. The number of benzene rings is 1. The van der Waals surface area contributed by atoms with Crippen LogP contribution in [0.1, 0.15) is 51.8 Å². The van der Waals surface area contributed by atoms with Gasteiger partial charge < -0.3 is 15.4 Å². The molecule has 140 valence electrons. The van der Waals surface area contributed by atoms with E-state index in [0.717, 1.165) is 0 Å². The van der Waals surface area contributed by atoms with Crippen LogP contribution in [-0.4, -0.2) is 60.9 Å². The molecule has 0 aliphatic carbocycles. The molecule has 1 aliphatic heterocycles. The largest absolute Gasteiger partial charge is 0.375 e. The molecule has 0 spiro atoms. The topological polar surface area (TPSA) is 105 Å². The van der Waals surface area contributed by atoms with Crippen LogP contribution in [0.5, 0.6) is 0 Å². The molecule has 0 fully saturated rings. The standard InChI is InChI=1S/C18H23N3O5/c1-18(2,3)21-16(24)12-6-5-11(9-13(12)17(21)25)15(23)20-8-7-19-14(22)10-26-4/h5-6,9H,7-8,10H2,1-4H3,(H,19,22)(H,20,23). The highest BCUT2D eigenvalue weighted by Crippen LogP contribution is 2.29. The normalized spacial score (nSPS) is 13.6. The number of ether oxygens (including phenoxy) is 1. The van der Waals surface area contributed by atoms with E-state index in [9.17, 15) is 19.2 Å². The summed E-state index contributed by atoms with van der Waals surface area (Å²) < 4.78 is 4.68. The number of nitrogens with zero attached hydrogens (tertiary/aromatic N) is 1. The van der Waals surface area contributed by atoms with Gasteiger partial charge in [-0.05, 0) is 39.0 Å². The van der Waals surface area contributed by atoms with Gasteiger partial charge in [0.25, 0.3) is 17.7 Å². The zero-order valence-corrected chi connectivity index (χ0v) is 15.3. The van der Waals surface area contributed by atoms with Crippen LogP contribution in [0.2, 0.25) is 0 Å². The van der Waals surface area contributed by atoms with E-state index < -0.39 is 11.4 Å². The summed E-state index contributed by atoms with van der Waals surface area (Å²) in [4.78, 5) is 49.6. The van der Waals surface area contributed by atoms with E-state index in [0.29, 0.717) is 5.56 Å². The second kappa shape index (κ2) is 7.65. The maximum Gasteiger partial charge on any atom is 0.262 e. The number of rotatable bonds is 6. The summed E-state index contributed by atoms with van der Waals surface area (Å²) in [6.07, 6.45) is 0.